The molecule has 3 heterocycles. The predicted octanol–water partition coefficient (Wildman–Crippen LogP) is 2.00. The van der Waals surface area contributed by atoms with Gasteiger partial charge < -0.3 is 9.64 Å². The molecule has 0 unspecified atom stereocenters. The van der Waals surface area contributed by atoms with Crippen LogP contribution in [0.2, 0.25) is 0 Å². The number of hydrogen-bond acceptors (Lipinski definition) is 5. The Morgan fingerprint density at radius 1 is 1.07 bits per heavy atom. The maximum atomic E-state index is 13.2. The van der Waals surface area contributed by atoms with Crippen molar-refractivity contribution in [3.63, 3.8) is 0 Å². The monoisotopic (exact) mass is 380 g/mol. The lowest BCUT2D eigenvalue weighted by Crippen LogP contribution is -2.34. The van der Waals surface area contributed by atoms with Crippen LogP contribution in [0, 0.1) is 0 Å². The zero-order valence-corrected chi connectivity index (χ0v) is 15.9. The number of ether oxygens (including phenoxy) is 1. The van der Waals surface area contributed by atoms with Crippen LogP contribution in [0.15, 0.2) is 18.2 Å². The van der Waals surface area contributed by atoms with Crippen LogP contribution in [-0.4, -0.2) is 57.7 Å². The van der Waals surface area contributed by atoms with Gasteiger partial charge in [-0.05, 0) is 30.9 Å². The maximum Gasteiger partial charge on any atom is 0.254 e. The molecule has 1 aromatic carbocycles. The van der Waals surface area contributed by atoms with Crippen LogP contribution >= 0.6 is 0 Å². The van der Waals surface area contributed by atoms with E-state index in [0.717, 1.165) is 48.8 Å². The van der Waals surface area contributed by atoms with Gasteiger partial charge in [-0.15, -0.1) is 0 Å². The quantitative estimate of drug-likeness (QED) is 0.796. The van der Waals surface area contributed by atoms with Crippen molar-refractivity contribution in [1.82, 2.24) is 19.7 Å². The van der Waals surface area contributed by atoms with Crippen molar-refractivity contribution in [3.8, 4) is 0 Å². The number of amides is 1. The highest BCUT2D eigenvalue weighted by Crippen LogP contribution is 2.27. The molecule has 0 saturated carbocycles. The van der Waals surface area contributed by atoms with Crippen LogP contribution in [0.25, 0.3) is 0 Å². The number of nitrogens with zero attached hydrogens (tertiary/aromatic N) is 4. The molecule has 0 N–H and O–H groups in total. The summed E-state index contributed by atoms with van der Waals surface area (Å²) < 4.78 is 7.41. The summed E-state index contributed by atoms with van der Waals surface area (Å²) in [6.07, 6.45) is 3.84. The first-order chi connectivity index (χ1) is 13.7. The number of rotatable bonds is 2. The largest absolute Gasteiger partial charge is 0.381 e. The summed E-state index contributed by atoms with van der Waals surface area (Å²) in [5.74, 6) is 2.44. The zero-order chi connectivity index (χ0) is 19.1. The minimum absolute atomic E-state index is 0.0157. The summed E-state index contributed by atoms with van der Waals surface area (Å²) in [5, 5.41) is 4.74. The molecule has 2 aliphatic heterocycles. The molecule has 7 nitrogen and oxygen atoms in total. The first-order valence-electron chi connectivity index (χ1n) is 10.2. The molecule has 7 heteroatoms. The van der Waals surface area contributed by atoms with E-state index in [2.05, 4.69) is 0 Å². The van der Waals surface area contributed by atoms with E-state index in [4.69, 9.17) is 14.8 Å². The van der Waals surface area contributed by atoms with E-state index < -0.39 is 0 Å². The molecule has 3 aliphatic rings. The molecule has 5 rings (SSSR count). The second kappa shape index (κ2) is 7.13. The van der Waals surface area contributed by atoms with Crippen molar-refractivity contribution in [1.29, 1.82) is 0 Å². The van der Waals surface area contributed by atoms with E-state index >= 15 is 0 Å². The van der Waals surface area contributed by atoms with Gasteiger partial charge in [0, 0.05) is 56.2 Å². The van der Waals surface area contributed by atoms with Crippen molar-refractivity contribution >= 4 is 11.7 Å². The number of carbonyl (C=O) groups excluding carboxylic acids is 2. The Hall–Kier alpha value is -2.54. The normalized spacial score (nSPS) is 20.0. The standard InChI is InChI=1S/C21H24N4O3/c26-18-5-4-15-16(18)2-1-3-17(15)21(27)24-9-6-19-22-20(23-25(19)11-10-24)14-7-12-28-13-8-14/h1-3,14H,4-13H2. The zero-order valence-electron chi connectivity index (χ0n) is 15.9. The SMILES string of the molecule is O=C1CCc2c1cccc2C(=O)N1CCc2nc(C3CCOCC3)nn2CC1. The number of ketones is 1. The second-order valence-electron chi connectivity index (χ2n) is 7.79. The summed E-state index contributed by atoms with van der Waals surface area (Å²) in [7, 11) is 0. The Labute approximate surface area is 163 Å². The number of benzene rings is 1. The Bertz CT molecular complexity index is 904. The fraction of sp³-hybridized carbons (Fsp3) is 0.524. The molecule has 1 aliphatic carbocycles. The minimum atomic E-state index is 0.0157. The Kier molecular flexibility index (Phi) is 4.47. The average Bonchev–Trinajstić information content (AvgIpc) is 3.26. The van der Waals surface area contributed by atoms with Gasteiger partial charge in [0.2, 0.25) is 0 Å². The Morgan fingerprint density at radius 3 is 2.79 bits per heavy atom. The first kappa shape index (κ1) is 17.6. The molecule has 1 saturated heterocycles. The molecule has 0 spiro atoms. The third-order valence-corrected chi connectivity index (χ3v) is 6.13. The van der Waals surface area contributed by atoms with Crippen LogP contribution < -0.4 is 0 Å². The van der Waals surface area contributed by atoms with Crippen LogP contribution in [0.1, 0.15) is 63.1 Å². The highest BCUT2D eigenvalue weighted by molar-refractivity contribution is 6.05. The Balaban J connectivity index is 1.32. The molecule has 0 bridgehead atoms. The number of Topliss-reactive ketones (excluding diaryl/α,β-unsaturated/α-hetero) is 1. The lowest BCUT2D eigenvalue weighted by molar-refractivity contribution is 0.0755. The molecule has 2 aromatic rings. The summed E-state index contributed by atoms with van der Waals surface area (Å²) in [6, 6.07) is 5.51. The van der Waals surface area contributed by atoms with Gasteiger partial charge >= 0.3 is 0 Å². The topological polar surface area (TPSA) is 77.3 Å². The van der Waals surface area contributed by atoms with E-state index in [-0.39, 0.29) is 11.7 Å². The molecule has 1 amide bonds. The highest BCUT2D eigenvalue weighted by atomic mass is 16.5. The van der Waals surface area contributed by atoms with Gasteiger partial charge in [-0.1, -0.05) is 12.1 Å². The second-order valence-corrected chi connectivity index (χ2v) is 7.79. The summed E-state index contributed by atoms with van der Waals surface area (Å²) in [6.45, 7) is 3.45. The van der Waals surface area contributed by atoms with E-state index in [1.165, 1.54) is 0 Å². The molecule has 1 aromatic heterocycles. The number of hydrogen-bond donors (Lipinski definition) is 0. The van der Waals surface area contributed by atoms with Crippen LogP contribution in [0.3, 0.4) is 0 Å². The molecular weight excluding hydrogens is 356 g/mol. The lowest BCUT2D eigenvalue weighted by atomic mass is 10.00. The summed E-state index contributed by atoms with van der Waals surface area (Å²) in [4.78, 5) is 31.8. The van der Waals surface area contributed by atoms with Crippen LogP contribution in [-0.2, 0) is 24.1 Å². The smallest absolute Gasteiger partial charge is 0.254 e. The molecule has 0 radical (unpaired) electrons. The van der Waals surface area contributed by atoms with Gasteiger partial charge in [-0.3, -0.25) is 9.59 Å². The lowest BCUT2D eigenvalue weighted by Gasteiger charge is -2.21. The first-order valence-corrected chi connectivity index (χ1v) is 10.2. The highest BCUT2D eigenvalue weighted by Gasteiger charge is 2.29. The maximum absolute atomic E-state index is 13.2. The van der Waals surface area contributed by atoms with Crippen molar-refractivity contribution in [3.05, 3.63) is 46.5 Å². The van der Waals surface area contributed by atoms with Crippen molar-refractivity contribution in [2.45, 2.75) is 44.6 Å². The fourth-order valence-corrected chi connectivity index (χ4v) is 4.51. The predicted molar refractivity (Wildman–Crippen MR) is 102 cm³/mol. The fourth-order valence-electron chi connectivity index (χ4n) is 4.51. The van der Waals surface area contributed by atoms with Crippen LogP contribution in [0.5, 0.6) is 0 Å². The van der Waals surface area contributed by atoms with Crippen molar-refractivity contribution in [2.24, 2.45) is 0 Å². The van der Waals surface area contributed by atoms with Crippen LogP contribution in [0.4, 0.5) is 0 Å². The van der Waals surface area contributed by atoms with Gasteiger partial charge in [0.25, 0.3) is 5.91 Å². The summed E-state index contributed by atoms with van der Waals surface area (Å²) in [5.41, 5.74) is 2.31. The van der Waals surface area contributed by atoms with E-state index in [1.807, 2.05) is 27.8 Å². The number of aromatic nitrogens is 3. The minimum Gasteiger partial charge on any atom is -0.381 e. The molecule has 1 fully saturated rings. The molecular formula is C21H24N4O3. The van der Waals surface area contributed by atoms with Crippen molar-refractivity contribution < 1.29 is 14.3 Å². The van der Waals surface area contributed by atoms with E-state index in [1.54, 1.807) is 0 Å². The molecule has 146 valence electrons. The molecule has 0 atom stereocenters. The van der Waals surface area contributed by atoms with Gasteiger partial charge in [-0.2, -0.15) is 5.10 Å². The average molecular weight is 380 g/mol. The van der Waals surface area contributed by atoms with Gasteiger partial charge in [0.1, 0.15) is 5.82 Å². The Morgan fingerprint density at radius 2 is 1.93 bits per heavy atom. The number of fused-ring (bicyclic) bond motifs is 2. The number of carbonyl (C=O) groups is 2. The van der Waals surface area contributed by atoms with E-state index in [0.29, 0.717) is 50.4 Å². The van der Waals surface area contributed by atoms with Gasteiger partial charge in [0.05, 0.1) is 6.54 Å². The van der Waals surface area contributed by atoms with E-state index in [9.17, 15) is 9.59 Å². The van der Waals surface area contributed by atoms with Gasteiger partial charge in [0.15, 0.2) is 11.6 Å². The summed E-state index contributed by atoms with van der Waals surface area (Å²) >= 11 is 0. The van der Waals surface area contributed by atoms with Gasteiger partial charge in [-0.25, -0.2) is 9.67 Å². The third kappa shape index (κ3) is 3.03. The third-order valence-electron chi connectivity index (χ3n) is 6.13. The van der Waals surface area contributed by atoms with Crippen molar-refractivity contribution in [2.75, 3.05) is 26.3 Å². The molecule has 28 heavy (non-hydrogen) atoms.